The van der Waals surface area contributed by atoms with Crippen LogP contribution in [0.25, 0.3) is 0 Å². The highest BCUT2D eigenvalue weighted by Gasteiger charge is 2.36. The van der Waals surface area contributed by atoms with E-state index in [9.17, 15) is 0 Å². The highest BCUT2D eigenvalue weighted by Crippen LogP contribution is 2.51. The molecule has 0 bridgehead atoms. The van der Waals surface area contributed by atoms with Gasteiger partial charge in [0.25, 0.3) is 6.47 Å². The predicted molar refractivity (Wildman–Crippen MR) is 58.8 cm³/mol. The van der Waals surface area contributed by atoms with E-state index in [1.807, 2.05) is 11.3 Å². The summed E-state index contributed by atoms with van der Waals surface area (Å²) in [6.07, 6.45) is 2.76. The van der Waals surface area contributed by atoms with E-state index >= 15 is 0 Å². The van der Waals surface area contributed by atoms with Crippen LogP contribution < -0.4 is 0 Å². The molecule has 0 radical (unpaired) electrons. The number of carbonyl (C=O) groups is 1. The number of carboxylic acid groups (broad SMARTS) is 1. The van der Waals surface area contributed by atoms with Gasteiger partial charge in [0.05, 0.1) is 0 Å². The summed E-state index contributed by atoms with van der Waals surface area (Å²) in [4.78, 5) is 9.95. The molecule has 78 valence electrons. The summed E-state index contributed by atoms with van der Waals surface area (Å²) in [5.41, 5.74) is 0.620. The maximum Gasteiger partial charge on any atom is 0.290 e. The number of hydrogen-bond donors (Lipinski definition) is 1. The molecular formula is C11H16O2S. The second-order valence-electron chi connectivity index (χ2n) is 4.39. The van der Waals surface area contributed by atoms with Crippen LogP contribution in [-0.2, 0) is 4.79 Å². The molecule has 0 unspecified atom stereocenters. The SMILES string of the molecule is CC1(C)CC(c2cccs2)C1.O=CO. The van der Waals surface area contributed by atoms with Gasteiger partial charge in [-0.3, -0.25) is 4.79 Å². The number of thiophene rings is 1. The maximum atomic E-state index is 8.36. The molecule has 0 atom stereocenters. The van der Waals surface area contributed by atoms with Gasteiger partial charge in [-0.15, -0.1) is 11.3 Å². The molecule has 1 fully saturated rings. The normalized spacial score (nSPS) is 19.0. The molecule has 1 aliphatic rings. The molecule has 3 heteroatoms. The van der Waals surface area contributed by atoms with Crippen molar-refractivity contribution < 1.29 is 9.90 Å². The molecule has 1 saturated carbocycles. The summed E-state index contributed by atoms with van der Waals surface area (Å²) < 4.78 is 0. The van der Waals surface area contributed by atoms with Crippen molar-refractivity contribution in [3.05, 3.63) is 22.4 Å². The average molecular weight is 212 g/mol. The van der Waals surface area contributed by atoms with E-state index in [1.165, 1.54) is 12.8 Å². The molecule has 2 nitrogen and oxygen atoms in total. The van der Waals surface area contributed by atoms with Crippen molar-refractivity contribution in [2.75, 3.05) is 0 Å². The van der Waals surface area contributed by atoms with Gasteiger partial charge in [0.15, 0.2) is 0 Å². The molecule has 1 aromatic rings. The van der Waals surface area contributed by atoms with Gasteiger partial charge >= 0.3 is 0 Å². The van der Waals surface area contributed by atoms with E-state index in [-0.39, 0.29) is 6.47 Å². The summed E-state index contributed by atoms with van der Waals surface area (Å²) >= 11 is 1.91. The topological polar surface area (TPSA) is 37.3 Å². The molecular weight excluding hydrogens is 196 g/mol. The van der Waals surface area contributed by atoms with Crippen LogP contribution in [0.15, 0.2) is 17.5 Å². The first-order chi connectivity index (χ1) is 6.59. The summed E-state index contributed by atoms with van der Waals surface area (Å²) in [5.74, 6) is 0.880. The van der Waals surface area contributed by atoms with Crippen LogP contribution in [0.3, 0.4) is 0 Å². The van der Waals surface area contributed by atoms with Crippen LogP contribution in [-0.4, -0.2) is 11.6 Å². The molecule has 1 heterocycles. The lowest BCUT2D eigenvalue weighted by molar-refractivity contribution is -0.122. The zero-order valence-corrected chi connectivity index (χ0v) is 9.38. The minimum absolute atomic E-state index is 0.250. The average Bonchev–Trinajstić information content (AvgIpc) is 2.52. The van der Waals surface area contributed by atoms with Gasteiger partial charge in [-0.2, -0.15) is 0 Å². The van der Waals surface area contributed by atoms with E-state index < -0.39 is 0 Å². The zero-order valence-electron chi connectivity index (χ0n) is 8.56. The van der Waals surface area contributed by atoms with Crippen LogP contribution in [0, 0.1) is 5.41 Å². The Bertz CT molecular complexity index is 269. The second-order valence-corrected chi connectivity index (χ2v) is 5.37. The van der Waals surface area contributed by atoms with Gasteiger partial charge in [-0.25, -0.2) is 0 Å². The van der Waals surface area contributed by atoms with Crippen molar-refractivity contribution in [1.29, 1.82) is 0 Å². The lowest BCUT2D eigenvalue weighted by Gasteiger charge is -2.42. The predicted octanol–water partition coefficient (Wildman–Crippen LogP) is 3.35. The van der Waals surface area contributed by atoms with Gasteiger partial charge < -0.3 is 5.11 Å². The third-order valence-corrected chi connectivity index (χ3v) is 3.58. The molecule has 0 aliphatic heterocycles. The highest BCUT2D eigenvalue weighted by molar-refractivity contribution is 7.10. The van der Waals surface area contributed by atoms with E-state index in [0.29, 0.717) is 5.41 Å². The first-order valence-corrected chi connectivity index (χ1v) is 5.58. The van der Waals surface area contributed by atoms with Crippen LogP contribution in [0.1, 0.15) is 37.5 Å². The Morgan fingerprint density at radius 2 is 2.14 bits per heavy atom. The Balaban J connectivity index is 0.000000293. The van der Waals surface area contributed by atoms with E-state index in [1.54, 1.807) is 4.88 Å². The van der Waals surface area contributed by atoms with Gasteiger partial charge in [-0.05, 0) is 35.6 Å². The standard InChI is InChI=1S/C10H14S.CH2O2/c1-10(2)6-8(7-10)9-4-3-5-11-9;2-1-3/h3-5,8H,6-7H2,1-2H3;1H,(H,2,3). The molecule has 0 saturated heterocycles. The monoisotopic (exact) mass is 212 g/mol. The van der Waals surface area contributed by atoms with Gasteiger partial charge in [0.1, 0.15) is 0 Å². The van der Waals surface area contributed by atoms with E-state index in [4.69, 9.17) is 9.90 Å². The Labute approximate surface area is 88.6 Å². The molecule has 1 N–H and O–H groups in total. The third-order valence-electron chi connectivity index (χ3n) is 2.54. The highest BCUT2D eigenvalue weighted by atomic mass is 32.1. The molecule has 1 aliphatic carbocycles. The van der Waals surface area contributed by atoms with Crippen molar-refractivity contribution in [2.45, 2.75) is 32.6 Å². The second kappa shape index (κ2) is 4.60. The van der Waals surface area contributed by atoms with E-state index in [2.05, 4.69) is 31.4 Å². The van der Waals surface area contributed by atoms with Crippen LogP contribution in [0.4, 0.5) is 0 Å². The first kappa shape index (κ1) is 11.2. The Hall–Kier alpha value is -0.830. The van der Waals surface area contributed by atoms with Crippen molar-refractivity contribution >= 4 is 17.8 Å². The fourth-order valence-corrected chi connectivity index (χ4v) is 2.83. The van der Waals surface area contributed by atoms with Crippen molar-refractivity contribution in [3.63, 3.8) is 0 Å². The molecule has 14 heavy (non-hydrogen) atoms. The van der Waals surface area contributed by atoms with Crippen molar-refractivity contribution in [1.82, 2.24) is 0 Å². The summed E-state index contributed by atoms with van der Waals surface area (Å²) in [6.45, 7) is 4.47. The largest absolute Gasteiger partial charge is 0.483 e. The zero-order chi connectivity index (χ0) is 10.6. The lowest BCUT2D eigenvalue weighted by Crippen LogP contribution is -2.29. The minimum atomic E-state index is -0.250. The van der Waals surface area contributed by atoms with Crippen LogP contribution in [0.5, 0.6) is 0 Å². The minimum Gasteiger partial charge on any atom is -0.483 e. The Morgan fingerprint density at radius 3 is 2.50 bits per heavy atom. The Kier molecular flexibility index (Phi) is 3.69. The van der Waals surface area contributed by atoms with Crippen LogP contribution >= 0.6 is 11.3 Å². The van der Waals surface area contributed by atoms with Gasteiger partial charge in [0, 0.05) is 4.88 Å². The summed E-state index contributed by atoms with van der Waals surface area (Å²) in [6, 6.07) is 4.43. The van der Waals surface area contributed by atoms with Gasteiger partial charge in [-0.1, -0.05) is 19.9 Å². The molecule has 2 rings (SSSR count). The van der Waals surface area contributed by atoms with Crippen LogP contribution in [0.2, 0.25) is 0 Å². The fourth-order valence-electron chi connectivity index (χ4n) is 2.00. The lowest BCUT2D eigenvalue weighted by atomic mass is 9.64. The summed E-state index contributed by atoms with van der Waals surface area (Å²) in [7, 11) is 0. The maximum absolute atomic E-state index is 8.36. The van der Waals surface area contributed by atoms with Gasteiger partial charge in [0.2, 0.25) is 0 Å². The molecule has 1 aromatic heterocycles. The number of hydrogen-bond acceptors (Lipinski definition) is 2. The molecule has 0 spiro atoms. The third kappa shape index (κ3) is 2.84. The first-order valence-electron chi connectivity index (χ1n) is 4.70. The fraction of sp³-hybridized carbons (Fsp3) is 0.545. The van der Waals surface area contributed by atoms with Crippen molar-refractivity contribution in [3.8, 4) is 0 Å². The molecule has 0 aromatic carbocycles. The number of rotatable bonds is 1. The van der Waals surface area contributed by atoms with Crippen molar-refractivity contribution in [2.24, 2.45) is 5.41 Å². The van der Waals surface area contributed by atoms with E-state index in [0.717, 1.165) is 5.92 Å². The summed E-state index contributed by atoms with van der Waals surface area (Å²) in [5, 5.41) is 9.07. The quantitative estimate of drug-likeness (QED) is 0.725. The molecule has 0 amide bonds. The smallest absolute Gasteiger partial charge is 0.290 e. The Morgan fingerprint density at radius 1 is 1.57 bits per heavy atom.